The fraction of sp³-hybridized carbons (Fsp3) is 1.00. The van der Waals surface area contributed by atoms with Crippen molar-refractivity contribution in [3.05, 3.63) is 0 Å². The van der Waals surface area contributed by atoms with Crippen LogP contribution in [0.4, 0.5) is 0 Å². The lowest BCUT2D eigenvalue weighted by Crippen LogP contribution is -2.24. The first kappa shape index (κ1) is 12.9. The Hall–Kier alpha value is -0.120. The smallest absolute Gasteiger partial charge is 0.000969 e. The highest BCUT2D eigenvalue weighted by molar-refractivity contribution is 4.54. The van der Waals surface area contributed by atoms with Crippen LogP contribution in [0.5, 0.6) is 0 Å². The number of nitrogens with one attached hydrogen (secondary N) is 2. The fourth-order valence-electron chi connectivity index (χ4n) is 1.32. The van der Waals surface area contributed by atoms with Gasteiger partial charge in [-0.15, -0.1) is 0 Å². The van der Waals surface area contributed by atoms with E-state index in [2.05, 4.69) is 22.6 Å². The van der Waals surface area contributed by atoms with Crippen LogP contribution in [0, 0.1) is 0 Å². The van der Waals surface area contributed by atoms with Crippen LogP contribution in [-0.2, 0) is 0 Å². The minimum atomic E-state index is 1.13. The maximum absolute atomic E-state index is 3.17. The second-order valence-corrected chi connectivity index (χ2v) is 3.57. The predicted octanol–water partition coefficient (Wildman–Crippen LogP) is 0.527. The van der Waals surface area contributed by atoms with E-state index in [1.54, 1.807) is 0 Å². The molecule has 0 heterocycles. The highest BCUT2D eigenvalue weighted by Crippen LogP contribution is 1.92. The molecule has 0 aromatic rings. The monoisotopic (exact) mass is 187 g/mol. The summed E-state index contributed by atoms with van der Waals surface area (Å²) in [6.07, 6.45) is 3.84. The zero-order valence-corrected chi connectivity index (χ0v) is 9.40. The highest BCUT2D eigenvalue weighted by Gasteiger charge is 1.96. The van der Waals surface area contributed by atoms with Gasteiger partial charge in [0.25, 0.3) is 0 Å². The van der Waals surface area contributed by atoms with Gasteiger partial charge in [-0.05, 0) is 66.6 Å². The lowest BCUT2D eigenvalue weighted by Gasteiger charge is -2.15. The van der Waals surface area contributed by atoms with E-state index < -0.39 is 0 Å². The summed E-state index contributed by atoms with van der Waals surface area (Å²) in [7, 11) is 6.22. The van der Waals surface area contributed by atoms with Gasteiger partial charge in [-0.3, -0.25) is 0 Å². The Bertz CT molecular complexity index is 96.2. The van der Waals surface area contributed by atoms with Crippen LogP contribution in [0.2, 0.25) is 0 Å². The van der Waals surface area contributed by atoms with E-state index in [0.717, 1.165) is 13.1 Å². The van der Waals surface area contributed by atoms with Gasteiger partial charge in [-0.25, -0.2) is 0 Å². The molecular formula is C10H25N3. The van der Waals surface area contributed by atoms with Crippen molar-refractivity contribution in [3.8, 4) is 0 Å². The van der Waals surface area contributed by atoms with Crippen molar-refractivity contribution >= 4 is 0 Å². The molecule has 2 N–H and O–H groups in total. The summed E-state index contributed by atoms with van der Waals surface area (Å²) in [4.78, 5) is 2.41. The van der Waals surface area contributed by atoms with Gasteiger partial charge in [0.2, 0.25) is 0 Å². The van der Waals surface area contributed by atoms with Crippen molar-refractivity contribution in [2.24, 2.45) is 0 Å². The molecular weight excluding hydrogens is 162 g/mol. The quantitative estimate of drug-likeness (QED) is 0.516. The first-order valence-electron chi connectivity index (χ1n) is 5.29. The summed E-state index contributed by atoms with van der Waals surface area (Å²) >= 11 is 0. The SMILES string of the molecule is CNCCCCN(C)CCCNC. The van der Waals surface area contributed by atoms with Gasteiger partial charge in [-0.2, -0.15) is 0 Å². The molecule has 3 heteroatoms. The second-order valence-electron chi connectivity index (χ2n) is 3.57. The molecule has 0 saturated carbocycles. The minimum absolute atomic E-state index is 1.13. The molecule has 0 aliphatic carbocycles. The molecule has 0 amide bonds. The minimum Gasteiger partial charge on any atom is -0.320 e. The number of unbranched alkanes of at least 4 members (excludes halogenated alkanes) is 1. The third-order valence-corrected chi connectivity index (χ3v) is 2.18. The zero-order chi connectivity index (χ0) is 9.94. The third kappa shape index (κ3) is 9.80. The van der Waals surface area contributed by atoms with Crippen molar-refractivity contribution in [3.63, 3.8) is 0 Å². The number of nitrogens with zero attached hydrogens (tertiary/aromatic N) is 1. The summed E-state index contributed by atoms with van der Waals surface area (Å²) in [5.74, 6) is 0. The van der Waals surface area contributed by atoms with E-state index in [4.69, 9.17) is 0 Å². The second kappa shape index (κ2) is 9.96. The summed E-state index contributed by atoms with van der Waals surface area (Å²) in [6.45, 7) is 4.71. The third-order valence-electron chi connectivity index (χ3n) is 2.18. The van der Waals surface area contributed by atoms with Gasteiger partial charge in [0.05, 0.1) is 0 Å². The maximum Gasteiger partial charge on any atom is -0.000969 e. The van der Waals surface area contributed by atoms with E-state index in [-0.39, 0.29) is 0 Å². The van der Waals surface area contributed by atoms with E-state index >= 15 is 0 Å². The first-order valence-corrected chi connectivity index (χ1v) is 5.29. The Morgan fingerprint density at radius 2 is 1.38 bits per heavy atom. The number of rotatable bonds is 9. The molecule has 0 fully saturated rings. The van der Waals surface area contributed by atoms with Gasteiger partial charge in [-0.1, -0.05) is 0 Å². The summed E-state index contributed by atoms with van der Waals surface area (Å²) in [6, 6.07) is 0. The summed E-state index contributed by atoms with van der Waals surface area (Å²) in [5, 5.41) is 6.33. The number of hydrogen-bond acceptors (Lipinski definition) is 3. The van der Waals surface area contributed by atoms with Gasteiger partial charge in [0, 0.05) is 0 Å². The van der Waals surface area contributed by atoms with Crippen molar-refractivity contribution < 1.29 is 0 Å². The van der Waals surface area contributed by atoms with Gasteiger partial charge in [0.15, 0.2) is 0 Å². The molecule has 0 spiro atoms. The van der Waals surface area contributed by atoms with Crippen LogP contribution in [0.3, 0.4) is 0 Å². The predicted molar refractivity (Wildman–Crippen MR) is 59.2 cm³/mol. The van der Waals surface area contributed by atoms with E-state index in [1.165, 1.54) is 32.4 Å². The average Bonchev–Trinajstić information content (AvgIpc) is 2.13. The molecule has 0 saturated heterocycles. The topological polar surface area (TPSA) is 27.3 Å². The fourth-order valence-corrected chi connectivity index (χ4v) is 1.32. The van der Waals surface area contributed by atoms with Crippen molar-refractivity contribution in [1.29, 1.82) is 0 Å². The maximum atomic E-state index is 3.17. The molecule has 0 rings (SSSR count). The Kier molecular flexibility index (Phi) is 9.87. The standard InChI is InChI=1S/C10H25N3/c1-11-7-4-5-9-13(3)10-6-8-12-2/h11-12H,4-10H2,1-3H3. The molecule has 3 nitrogen and oxygen atoms in total. The zero-order valence-electron chi connectivity index (χ0n) is 9.40. The molecule has 13 heavy (non-hydrogen) atoms. The molecule has 0 unspecified atom stereocenters. The van der Waals surface area contributed by atoms with E-state index in [1.807, 2.05) is 14.1 Å². The molecule has 0 aromatic heterocycles. The molecule has 0 aliphatic heterocycles. The summed E-state index contributed by atoms with van der Waals surface area (Å²) in [5.41, 5.74) is 0. The first-order chi connectivity index (χ1) is 6.31. The van der Waals surface area contributed by atoms with Crippen LogP contribution in [-0.4, -0.2) is 52.2 Å². The average molecular weight is 187 g/mol. The Labute approximate surface area is 82.9 Å². The lowest BCUT2D eigenvalue weighted by atomic mass is 10.3. The summed E-state index contributed by atoms with van der Waals surface area (Å²) < 4.78 is 0. The van der Waals surface area contributed by atoms with Gasteiger partial charge >= 0.3 is 0 Å². The molecule has 0 aliphatic rings. The Morgan fingerprint density at radius 3 is 2.00 bits per heavy atom. The molecule has 0 aromatic carbocycles. The molecule has 0 bridgehead atoms. The van der Waals surface area contributed by atoms with Gasteiger partial charge in [0.1, 0.15) is 0 Å². The lowest BCUT2D eigenvalue weighted by molar-refractivity contribution is 0.320. The van der Waals surface area contributed by atoms with Crippen LogP contribution >= 0.6 is 0 Å². The van der Waals surface area contributed by atoms with Crippen LogP contribution < -0.4 is 10.6 Å². The largest absolute Gasteiger partial charge is 0.320 e. The van der Waals surface area contributed by atoms with Crippen LogP contribution in [0.1, 0.15) is 19.3 Å². The van der Waals surface area contributed by atoms with E-state index in [9.17, 15) is 0 Å². The van der Waals surface area contributed by atoms with Crippen molar-refractivity contribution in [2.75, 3.05) is 47.3 Å². The Morgan fingerprint density at radius 1 is 0.846 bits per heavy atom. The van der Waals surface area contributed by atoms with E-state index in [0.29, 0.717) is 0 Å². The van der Waals surface area contributed by atoms with Gasteiger partial charge < -0.3 is 15.5 Å². The molecule has 80 valence electrons. The van der Waals surface area contributed by atoms with Crippen LogP contribution in [0.25, 0.3) is 0 Å². The van der Waals surface area contributed by atoms with Crippen molar-refractivity contribution in [2.45, 2.75) is 19.3 Å². The Balaban J connectivity index is 3.05. The molecule has 0 atom stereocenters. The van der Waals surface area contributed by atoms with Crippen LogP contribution in [0.15, 0.2) is 0 Å². The number of hydrogen-bond donors (Lipinski definition) is 2. The van der Waals surface area contributed by atoms with Crippen molar-refractivity contribution in [1.82, 2.24) is 15.5 Å². The molecule has 0 radical (unpaired) electrons. The normalized spacial score (nSPS) is 11.1. The highest BCUT2D eigenvalue weighted by atomic mass is 15.1.